The van der Waals surface area contributed by atoms with Crippen LogP contribution >= 0.6 is 11.6 Å². The molecular weight excluding hydrogens is 208 g/mol. The Morgan fingerprint density at radius 3 is 1.87 bits per heavy atom. The van der Waals surface area contributed by atoms with Gasteiger partial charge in [-0.2, -0.15) is 0 Å². The van der Waals surface area contributed by atoms with E-state index in [1.165, 1.54) is 0 Å². The van der Waals surface area contributed by atoms with Gasteiger partial charge in [0.25, 0.3) is 0 Å². The number of rotatable bonds is 3. The fraction of sp³-hybridized carbons (Fsp3) is 0.538. The van der Waals surface area contributed by atoms with Crippen LogP contribution in [0, 0.1) is 0 Å². The van der Waals surface area contributed by atoms with Gasteiger partial charge >= 0.3 is 0 Å². The van der Waals surface area contributed by atoms with Crippen LogP contribution in [0.4, 0.5) is 0 Å². The molecule has 1 rings (SSSR count). The standard InChI is InChI=1S/C11H15ClO.C2H6/c1-8(2)13-9(3)10-4-6-11(12)7-5-10;1-2/h4-9H,1-3H3;1-2H3. The first-order chi connectivity index (χ1) is 7.09. The van der Waals surface area contributed by atoms with Crippen molar-refractivity contribution >= 4 is 11.6 Å². The average Bonchev–Trinajstić information content (AvgIpc) is 2.20. The SMILES string of the molecule is CC.CC(C)OC(C)c1ccc(Cl)cc1. The molecule has 0 fully saturated rings. The fourth-order valence-corrected chi connectivity index (χ4v) is 1.35. The van der Waals surface area contributed by atoms with Crippen LogP contribution in [0.2, 0.25) is 5.02 Å². The van der Waals surface area contributed by atoms with Crippen molar-refractivity contribution in [3.05, 3.63) is 34.9 Å². The zero-order valence-corrected chi connectivity index (χ0v) is 11.0. The van der Waals surface area contributed by atoms with E-state index in [-0.39, 0.29) is 12.2 Å². The summed E-state index contributed by atoms with van der Waals surface area (Å²) >= 11 is 5.78. The summed E-state index contributed by atoms with van der Waals surface area (Å²) in [5.74, 6) is 0. The number of hydrogen-bond donors (Lipinski definition) is 0. The summed E-state index contributed by atoms with van der Waals surface area (Å²) in [7, 11) is 0. The van der Waals surface area contributed by atoms with Crippen LogP contribution in [-0.4, -0.2) is 6.10 Å². The number of benzene rings is 1. The quantitative estimate of drug-likeness (QED) is 0.719. The van der Waals surface area contributed by atoms with Crippen LogP contribution in [0.3, 0.4) is 0 Å². The topological polar surface area (TPSA) is 9.23 Å². The zero-order valence-electron chi connectivity index (χ0n) is 10.3. The van der Waals surface area contributed by atoms with Gasteiger partial charge in [0.2, 0.25) is 0 Å². The second-order valence-electron chi connectivity index (χ2n) is 3.38. The van der Waals surface area contributed by atoms with Gasteiger partial charge in [-0.1, -0.05) is 37.6 Å². The third-order valence-corrected chi connectivity index (χ3v) is 2.07. The van der Waals surface area contributed by atoms with E-state index in [1.54, 1.807) is 0 Å². The third-order valence-electron chi connectivity index (χ3n) is 1.82. The highest BCUT2D eigenvalue weighted by atomic mass is 35.5. The average molecular weight is 229 g/mol. The van der Waals surface area contributed by atoms with Crippen molar-refractivity contribution in [3.63, 3.8) is 0 Å². The Kier molecular flexibility index (Phi) is 7.45. The summed E-state index contributed by atoms with van der Waals surface area (Å²) in [6.45, 7) is 10.1. The van der Waals surface area contributed by atoms with Gasteiger partial charge in [-0.05, 0) is 38.5 Å². The minimum atomic E-state index is 0.136. The summed E-state index contributed by atoms with van der Waals surface area (Å²) in [4.78, 5) is 0. The lowest BCUT2D eigenvalue weighted by Gasteiger charge is -2.16. The van der Waals surface area contributed by atoms with Gasteiger partial charge in [0.1, 0.15) is 0 Å². The van der Waals surface area contributed by atoms with E-state index >= 15 is 0 Å². The molecule has 86 valence electrons. The Labute approximate surface area is 98.4 Å². The molecule has 0 bridgehead atoms. The molecule has 2 heteroatoms. The molecule has 0 heterocycles. The van der Waals surface area contributed by atoms with E-state index in [4.69, 9.17) is 16.3 Å². The van der Waals surface area contributed by atoms with E-state index in [1.807, 2.05) is 58.9 Å². The molecule has 0 aliphatic rings. The molecular formula is C13H21ClO. The summed E-state index contributed by atoms with van der Waals surface area (Å²) in [6.07, 6.45) is 0.392. The van der Waals surface area contributed by atoms with Gasteiger partial charge < -0.3 is 4.74 Å². The second-order valence-corrected chi connectivity index (χ2v) is 3.82. The van der Waals surface area contributed by atoms with Crippen molar-refractivity contribution in [2.24, 2.45) is 0 Å². The Morgan fingerprint density at radius 2 is 1.47 bits per heavy atom. The molecule has 15 heavy (non-hydrogen) atoms. The highest BCUT2D eigenvalue weighted by Crippen LogP contribution is 2.20. The van der Waals surface area contributed by atoms with Gasteiger partial charge in [0, 0.05) is 5.02 Å². The summed E-state index contributed by atoms with van der Waals surface area (Å²) in [5.41, 5.74) is 1.16. The van der Waals surface area contributed by atoms with Crippen LogP contribution in [0.5, 0.6) is 0 Å². The van der Waals surface area contributed by atoms with Crippen molar-refractivity contribution in [1.29, 1.82) is 0 Å². The van der Waals surface area contributed by atoms with E-state index in [9.17, 15) is 0 Å². The lowest BCUT2D eigenvalue weighted by Crippen LogP contribution is -2.07. The van der Waals surface area contributed by atoms with Gasteiger partial charge in [-0.25, -0.2) is 0 Å². The van der Waals surface area contributed by atoms with Crippen LogP contribution in [0.15, 0.2) is 24.3 Å². The van der Waals surface area contributed by atoms with E-state index in [0.29, 0.717) is 0 Å². The number of hydrogen-bond acceptors (Lipinski definition) is 1. The van der Waals surface area contributed by atoms with Crippen LogP contribution in [0.1, 0.15) is 46.3 Å². The molecule has 0 radical (unpaired) electrons. The second kappa shape index (κ2) is 7.72. The predicted octanol–water partition coefficient (Wildman–Crippen LogP) is 4.85. The fourth-order valence-electron chi connectivity index (χ4n) is 1.22. The molecule has 0 amide bonds. The van der Waals surface area contributed by atoms with Crippen LogP contribution in [0.25, 0.3) is 0 Å². The number of ether oxygens (including phenoxy) is 1. The van der Waals surface area contributed by atoms with E-state index in [0.717, 1.165) is 10.6 Å². The lowest BCUT2D eigenvalue weighted by atomic mass is 10.1. The first kappa shape index (κ1) is 14.5. The Bertz CT molecular complexity index is 254. The Balaban J connectivity index is 0.000000921. The molecule has 0 N–H and O–H groups in total. The molecule has 1 nitrogen and oxygen atoms in total. The first-order valence-corrected chi connectivity index (χ1v) is 5.88. The largest absolute Gasteiger partial charge is 0.371 e. The molecule has 0 aliphatic carbocycles. The van der Waals surface area contributed by atoms with Crippen molar-refractivity contribution < 1.29 is 4.74 Å². The van der Waals surface area contributed by atoms with E-state index < -0.39 is 0 Å². The highest BCUT2D eigenvalue weighted by molar-refractivity contribution is 6.30. The minimum Gasteiger partial charge on any atom is -0.371 e. The van der Waals surface area contributed by atoms with Crippen LogP contribution < -0.4 is 0 Å². The normalized spacial score (nSPS) is 11.9. The van der Waals surface area contributed by atoms with E-state index in [2.05, 4.69) is 0 Å². The zero-order chi connectivity index (χ0) is 11.8. The summed E-state index contributed by atoms with van der Waals surface area (Å²) in [5, 5.41) is 0.764. The van der Waals surface area contributed by atoms with Crippen molar-refractivity contribution in [1.82, 2.24) is 0 Å². The molecule has 0 aromatic heterocycles. The van der Waals surface area contributed by atoms with Gasteiger partial charge in [-0.15, -0.1) is 0 Å². The van der Waals surface area contributed by atoms with Crippen LogP contribution in [-0.2, 0) is 4.74 Å². The monoisotopic (exact) mass is 228 g/mol. The Hall–Kier alpha value is -0.530. The molecule has 1 aromatic carbocycles. The third kappa shape index (κ3) is 5.81. The molecule has 0 aliphatic heterocycles. The molecule has 1 aromatic rings. The first-order valence-electron chi connectivity index (χ1n) is 5.50. The predicted molar refractivity (Wildman–Crippen MR) is 67.4 cm³/mol. The lowest BCUT2D eigenvalue weighted by molar-refractivity contribution is 0.0178. The molecule has 1 atom stereocenters. The van der Waals surface area contributed by atoms with Crippen molar-refractivity contribution in [2.45, 2.75) is 46.8 Å². The Morgan fingerprint density at radius 1 is 1.00 bits per heavy atom. The maximum absolute atomic E-state index is 5.78. The molecule has 0 saturated carbocycles. The minimum absolute atomic E-state index is 0.136. The van der Waals surface area contributed by atoms with Crippen molar-refractivity contribution in [2.75, 3.05) is 0 Å². The van der Waals surface area contributed by atoms with Gasteiger partial charge in [0.15, 0.2) is 0 Å². The molecule has 1 unspecified atom stereocenters. The molecule has 0 saturated heterocycles. The summed E-state index contributed by atoms with van der Waals surface area (Å²) in [6, 6.07) is 7.76. The smallest absolute Gasteiger partial charge is 0.0800 e. The molecule has 0 spiro atoms. The summed E-state index contributed by atoms with van der Waals surface area (Å²) < 4.78 is 5.63. The maximum Gasteiger partial charge on any atom is 0.0800 e. The van der Waals surface area contributed by atoms with Gasteiger partial charge in [-0.3, -0.25) is 0 Å². The number of halogens is 1. The highest BCUT2D eigenvalue weighted by Gasteiger charge is 2.06. The van der Waals surface area contributed by atoms with Crippen molar-refractivity contribution in [3.8, 4) is 0 Å². The maximum atomic E-state index is 5.78. The van der Waals surface area contributed by atoms with Gasteiger partial charge in [0.05, 0.1) is 12.2 Å².